The highest BCUT2D eigenvalue weighted by Crippen LogP contribution is 2.32. The number of aliphatic carboxylic acids is 1. The SMILES string of the molecule is CCCCCC(CN)(C(=O)O)c1cccc(-c2ccccc2)c1. The number of carboxylic acid groups (broad SMARTS) is 1. The van der Waals surface area contributed by atoms with Crippen molar-refractivity contribution in [3.63, 3.8) is 0 Å². The van der Waals surface area contributed by atoms with Gasteiger partial charge in [-0.15, -0.1) is 0 Å². The fourth-order valence-electron chi connectivity index (χ4n) is 2.99. The normalized spacial score (nSPS) is 13.5. The Hall–Kier alpha value is -2.13. The molecule has 0 amide bonds. The molecule has 0 aliphatic heterocycles. The standard InChI is InChI=1S/C20H25NO2/c1-2-3-7-13-20(15-21,19(22)23)18-12-8-11-17(14-18)16-9-5-4-6-10-16/h4-6,8-12,14H,2-3,7,13,15,21H2,1H3,(H,22,23). The van der Waals surface area contributed by atoms with Crippen molar-refractivity contribution in [2.24, 2.45) is 5.73 Å². The van der Waals surface area contributed by atoms with E-state index in [-0.39, 0.29) is 6.54 Å². The Labute approximate surface area is 138 Å². The Balaban J connectivity index is 2.41. The molecule has 0 heterocycles. The van der Waals surface area contributed by atoms with Gasteiger partial charge in [0, 0.05) is 6.54 Å². The van der Waals surface area contributed by atoms with E-state index in [1.165, 1.54) is 0 Å². The molecule has 3 nitrogen and oxygen atoms in total. The third-order valence-electron chi connectivity index (χ3n) is 4.49. The summed E-state index contributed by atoms with van der Waals surface area (Å²) in [6.45, 7) is 2.23. The molecule has 2 aromatic carbocycles. The van der Waals surface area contributed by atoms with Gasteiger partial charge in [-0.05, 0) is 29.2 Å². The molecule has 3 heteroatoms. The number of unbranched alkanes of at least 4 members (excludes halogenated alkanes) is 2. The minimum Gasteiger partial charge on any atom is -0.481 e. The molecule has 0 fully saturated rings. The highest BCUT2D eigenvalue weighted by Gasteiger charge is 2.38. The lowest BCUT2D eigenvalue weighted by atomic mass is 9.75. The molecule has 0 radical (unpaired) electrons. The van der Waals surface area contributed by atoms with Crippen molar-refractivity contribution in [3.05, 3.63) is 60.2 Å². The lowest BCUT2D eigenvalue weighted by Crippen LogP contribution is -2.43. The van der Waals surface area contributed by atoms with Crippen LogP contribution >= 0.6 is 0 Å². The molecule has 1 atom stereocenters. The Morgan fingerprint density at radius 2 is 1.74 bits per heavy atom. The third kappa shape index (κ3) is 3.80. The van der Waals surface area contributed by atoms with Crippen LogP contribution < -0.4 is 5.73 Å². The van der Waals surface area contributed by atoms with Gasteiger partial charge in [0.25, 0.3) is 0 Å². The Kier molecular flexibility index (Phi) is 5.94. The zero-order valence-electron chi connectivity index (χ0n) is 13.7. The van der Waals surface area contributed by atoms with Crippen LogP contribution in [0, 0.1) is 0 Å². The van der Waals surface area contributed by atoms with Gasteiger partial charge in [0.2, 0.25) is 0 Å². The van der Waals surface area contributed by atoms with Crippen molar-refractivity contribution in [3.8, 4) is 11.1 Å². The zero-order chi connectivity index (χ0) is 16.7. The number of carbonyl (C=O) groups is 1. The maximum atomic E-state index is 12.0. The van der Waals surface area contributed by atoms with Crippen molar-refractivity contribution in [1.29, 1.82) is 0 Å². The van der Waals surface area contributed by atoms with Crippen molar-refractivity contribution >= 4 is 5.97 Å². The Morgan fingerprint density at radius 1 is 1.04 bits per heavy atom. The molecular weight excluding hydrogens is 286 g/mol. The maximum Gasteiger partial charge on any atom is 0.315 e. The van der Waals surface area contributed by atoms with E-state index in [1.807, 2.05) is 54.6 Å². The summed E-state index contributed by atoms with van der Waals surface area (Å²) < 4.78 is 0. The van der Waals surface area contributed by atoms with E-state index in [1.54, 1.807) is 0 Å². The number of hydrogen-bond acceptors (Lipinski definition) is 2. The summed E-state index contributed by atoms with van der Waals surface area (Å²) in [5.74, 6) is -0.832. The third-order valence-corrected chi connectivity index (χ3v) is 4.49. The lowest BCUT2D eigenvalue weighted by molar-refractivity contribution is -0.143. The first-order valence-corrected chi connectivity index (χ1v) is 8.23. The van der Waals surface area contributed by atoms with E-state index >= 15 is 0 Å². The molecule has 0 aliphatic rings. The first kappa shape index (κ1) is 17.2. The van der Waals surface area contributed by atoms with Gasteiger partial charge in [-0.25, -0.2) is 0 Å². The van der Waals surface area contributed by atoms with Crippen LogP contribution in [-0.4, -0.2) is 17.6 Å². The van der Waals surface area contributed by atoms with E-state index in [0.29, 0.717) is 6.42 Å². The second kappa shape index (κ2) is 7.93. The van der Waals surface area contributed by atoms with Gasteiger partial charge in [0.15, 0.2) is 0 Å². The Bertz CT molecular complexity index is 639. The smallest absolute Gasteiger partial charge is 0.315 e. The molecular formula is C20H25NO2. The summed E-state index contributed by atoms with van der Waals surface area (Å²) >= 11 is 0. The fourth-order valence-corrected chi connectivity index (χ4v) is 2.99. The second-order valence-electron chi connectivity index (χ2n) is 6.00. The largest absolute Gasteiger partial charge is 0.481 e. The summed E-state index contributed by atoms with van der Waals surface area (Å²) in [6, 6.07) is 17.8. The van der Waals surface area contributed by atoms with Gasteiger partial charge in [0.05, 0.1) is 0 Å². The number of hydrogen-bond donors (Lipinski definition) is 2. The van der Waals surface area contributed by atoms with Crippen molar-refractivity contribution in [1.82, 2.24) is 0 Å². The van der Waals surface area contributed by atoms with Gasteiger partial charge in [-0.3, -0.25) is 4.79 Å². The van der Waals surface area contributed by atoms with Crippen LogP contribution in [0.1, 0.15) is 38.2 Å². The summed E-state index contributed by atoms with van der Waals surface area (Å²) in [7, 11) is 0. The quantitative estimate of drug-likeness (QED) is 0.718. The summed E-state index contributed by atoms with van der Waals surface area (Å²) in [6.07, 6.45) is 3.53. The molecule has 1 unspecified atom stereocenters. The van der Waals surface area contributed by atoms with Gasteiger partial charge in [-0.2, -0.15) is 0 Å². The number of nitrogens with two attached hydrogens (primary N) is 1. The van der Waals surface area contributed by atoms with Crippen LogP contribution in [0.2, 0.25) is 0 Å². The molecule has 0 aromatic heterocycles. The number of carboxylic acids is 1. The fraction of sp³-hybridized carbons (Fsp3) is 0.350. The minimum atomic E-state index is -1.00. The predicted octanol–water partition coefficient (Wildman–Crippen LogP) is 4.22. The van der Waals surface area contributed by atoms with Crippen LogP contribution in [0.5, 0.6) is 0 Å². The molecule has 122 valence electrons. The lowest BCUT2D eigenvalue weighted by Gasteiger charge is -2.29. The first-order chi connectivity index (χ1) is 11.1. The van der Waals surface area contributed by atoms with Crippen molar-refractivity contribution < 1.29 is 9.90 Å². The predicted molar refractivity (Wildman–Crippen MR) is 94.4 cm³/mol. The van der Waals surface area contributed by atoms with Crippen molar-refractivity contribution in [2.75, 3.05) is 6.54 Å². The van der Waals surface area contributed by atoms with Gasteiger partial charge < -0.3 is 10.8 Å². The van der Waals surface area contributed by atoms with Crippen LogP contribution in [0.25, 0.3) is 11.1 Å². The van der Waals surface area contributed by atoms with E-state index < -0.39 is 11.4 Å². The highest BCUT2D eigenvalue weighted by atomic mass is 16.4. The topological polar surface area (TPSA) is 63.3 Å². The molecule has 0 saturated heterocycles. The summed E-state index contributed by atoms with van der Waals surface area (Å²) in [4.78, 5) is 12.0. The second-order valence-corrected chi connectivity index (χ2v) is 6.00. The average molecular weight is 311 g/mol. The van der Waals surface area contributed by atoms with Crippen molar-refractivity contribution in [2.45, 2.75) is 38.0 Å². The van der Waals surface area contributed by atoms with E-state index in [0.717, 1.165) is 36.0 Å². The molecule has 0 saturated carbocycles. The van der Waals surface area contributed by atoms with Crippen LogP contribution in [0.3, 0.4) is 0 Å². The molecule has 0 aliphatic carbocycles. The first-order valence-electron chi connectivity index (χ1n) is 8.23. The van der Waals surface area contributed by atoms with Crippen LogP contribution in [0.4, 0.5) is 0 Å². The number of rotatable bonds is 8. The Morgan fingerprint density at radius 3 is 2.35 bits per heavy atom. The van der Waals surface area contributed by atoms with E-state index in [9.17, 15) is 9.90 Å². The van der Waals surface area contributed by atoms with Crippen LogP contribution in [0.15, 0.2) is 54.6 Å². The van der Waals surface area contributed by atoms with E-state index in [4.69, 9.17) is 5.73 Å². The summed E-state index contributed by atoms with van der Waals surface area (Å²) in [5, 5.41) is 9.86. The molecule has 3 N–H and O–H groups in total. The monoisotopic (exact) mass is 311 g/mol. The zero-order valence-corrected chi connectivity index (χ0v) is 13.7. The molecule has 0 bridgehead atoms. The molecule has 23 heavy (non-hydrogen) atoms. The van der Waals surface area contributed by atoms with Gasteiger partial charge in [0.1, 0.15) is 5.41 Å². The molecule has 2 rings (SSSR count). The summed E-state index contributed by atoms with van der Waals surface area (Å²) in [5.41, 5.74) is 7.84. The molecule has 2 aromatic rings. The highest BCUT2D eigenvalue weighted by molar-refractivity contribution is 5.82. The maximum absolute atomic E-state index is 12.0. The minimum absolute atomic E-state index is 0.115. The van der Waals surface area contributed by atoms with Gasteiger partial charge >= 0.3 is 5.97 Å². The van der Waals surface area contributed by atoms with Gasteiger partial charge in [-0.1, -0.05) is 74.7 Å². The van der Waals surface area contributed by atoms with E-state index in [2.05, 4.69) is 6.92 Å². The number of benzene rings is 2. The molecule has 0 spiro atoms. The average Bonchev–Trinajstić information content (AvgIpc) is 2.59. The van der Waals surface area contributed by atoms with Crippen LogP contribution in [-0.2, 0) is 10.2 Å².